The molecule has 0 saturated heterocycles. The second-order valence-corrected chi connectivity index (χ2v) is 3.85. The molecule has 4 heteroatoms. The molecule has 0 unspecified atom stereocenters. The molecule has 0 atom stereocenters. The van der Waals surface area contributed by atoms with Crippen molar-refractivity contribution in [1.29, 1.82) is 0 Å². The lowest BCUT2D eigenvalue weighted by atomic mass is 10.2. The average Bonchev–Trinajstić information content (AvgIpc) is 2.44. The largest absolute Gasteiger partial charge is 0.380 e. The van der Waals surface area contributed by atoms with Crippen LogP contribution in [0.2, 0.25) is 0 Å². The standard InChI is InChI=1S/C9H10N2OS/c1-12-5-6-2-3-7-8(4-6)13-9(10)11-7/h2-4H,5H2,1H3,(H2,10,11). The molecule has 1 aromatic carbocycles. The van der Waals surface area contributed by atoms with Crippen molar-refractivity contribution in [1.82, 2.24) is 4.98 Å². The van der Waals surface area contributed by atoms with Gasteiger partial charge in [-0.25, -0.2) is 4.98 Å². The van der Waals surface area contributed by atoms with Crippen LogP contribution in [0.1, 0.15) is 5.56 Å². The van der Waals surface area contributed by atoms with Crippen LogP contribution < -0.4 is 5.73 Å². The molecule has 3 nitrogen and oxygen atoms in total. The number of hydrogen-bond donors (Lipinski definition) is 1. The molecular formula is C9H10N2OS. The topological polar surface area (TPSA) is 48.1 Å². The highest BCUT2D eigenvalue weighted by molar-refractivity contribution is 7.22. The van der Waals surface area contributed by atoms with Crippen LogP contribution in [0.5, 0.6) is 0 Å². The van der Waals surface area contributed by atoms with Crippen LogP contribution in [0.25, 0.3) is 10.2 Å². The summed E-state index contributed by atoms with van der Waals surface area (Å²) in [4.78, 5) is 4.17. The Balaban J connectivity index is 2.48. The smallest absolute Gasteiger partial charge is 0.181 e. The Morgan fingerprint density at radius 3 is 3.15 bits per heavy atom. The Bertz CT molecular complexity index is 424. The van der Waals surface area contributed by atoms with E-state index in [4.69, 9.17) is 10.5 Å². The first kappa shape index (κ1) is 8.47. The first-order valence-corrected chi connectivity index (χ1v) is 4.75. The quantitative estimate of drug-likeness (QED) is 0.795. The normalized spacial score (nSPS) is 10.8. The van der Waals surface area contributed by atoms with Gasteiger partial charge in [0, 0.05) is 7.11 Å². The molecule has 0 fully saturated rings. The van der Waals surface area contributed by atoms with E-state index < -0.39 is 0 Å². The van der Waals surface area contributed by atoms with Crippen LogP contribution >= 0.6 is 11.3 Å². The van der Waals surface area contributed by atoms with Crippen molar-refractivity contribution in [3.63, 3.8) is 0 Å². The third kappa shape index (κ3) is 1.64. The maximum absolute atomic E-state index is 5.59. The molecule has 1 aromatic heterocycles. The molecule has 1 heterocycles. The van der Waals surface area contributed by atoms with Crippen LogP contribution in [0, 0.1) is 0 Å². The van der Waals surface area contributed by atoms with Crippen molar-refractivity contribution in [3.8, 4) is 0 Å². The Kier molecular flexibility index (Phi) is 2.16. The number of thiazole rings is 1. The summed E-state index contributed by atoms with van der Waals surface area (Å²) in [6.45, 7) is 0.633. The fourth-order valence-electron chi connectivity index (χ4n) is 1.24. The fraction of sp³-hybridized carbons (Fsp3) is 0.222. The maximum Gasteiger partial charge on any atom is 0.181 e. The van der Waals surface area contributed by atoms with Gasteiger partial charge in [-0.15, -0.1) is 0 Å². The zero-order valence-electron chi connectivity index (χ0n) is 7.28. The van der Waals surface area contributed by atoms with E-state index in [1.54, 1.807) is 7.11 Å². The summed E-state index contributed by atoms with van der Waals surface area (Å²) in [6.07, 6.45) is 0. The van der Waals surface area contributed by atoms with Gasteiger partial charge in [0.1, 0.15) is 0 Å². The monoisotopic (exact) mass is 194 g/mol. The minimum atomic E-state index is 0.615. The van der Waals surface area contributed by atoms with E-state index in [-0.39, 0.29) is 0 Å². The number of methoxy groups -OCH3 is 1. The summed E-state index contributed by atoms with van der Waals surface area (Å²) >= 11 is 1.50. The van der Waals surface area contributed by atoms with Crippen molar-refractivity contribution in [2.75, 3.05) is 12.8 Å². The van der Waals surface area contributed by atoms with E-state index in [2.05, 4.69) is 11.1 Å². The van der Waals surface area contributed by atoms with Crippen LogP contribution in [-0.2, 0) is 11.3 Å². The lowest BCUT2D eigenvalue weighted by molar-refractivity contribution is 0.185. The van der Waals surface area contributed by atoms with Gasteiger partial charge in [-0.1, -0.05) is 17.4 Å². The molecule has 13 heavy (non-hydrogen) atoms. The molecular weight excluding hydrogens is 184 g/mol. The minimum absolute atomic E-state index is 0.615. The molecule has 68 valence electrons. The molecule has 0 aliphatic rings. The van der Waals surface area contributed by atoms with E-state index in [9.17, 15) is 0 Å². The molecule has 0 radical (unpaired) electrons. The van der Waals surface area contributed by atoms with Crippen molar-refractivity contribution < 1.29 is 4.74 Å². The first-order chi connectivity index (χ1) is 6.29. The van der Waals surface area contributed by atoms with Crippen LogP contribution in [0.4, 0.5) is 5.13 Å². The number of fused-ring (bicyclic) bond motifs is 1. The van der Waals surface area contributed by atoms with Gasteiger partial charge in [0.25, 0.3) is 0 Å². The number of anilines is 1. The molecule has 2 rings (SSSR count). The second kappa shape index (κ2) is 3.32. The van der Waals surface area contributed by atoms with Crippen molar-refractivity contribution in [2.24, 2.45) is 0 Å². The molecule has 0 bridgehead atoms. The van der Waals surface area contributed by atoms with E-state index in [0.717, 1.165) is 15.8 Å². The van der Waals surface area contributed by atoms with E-state index in [1.165, 1.54) is 11.3 Å². The zero-order chi connectivity index (χ0) is 9.26. The van der Waals surface area contributed by atoms with Gasteiger partial charge >= 0.3 is 0 Å². The van der Waals surface area contributed by atoms with Crippen molar-refractivity contribution in [2.45, 2.75) is 6.61 Å². The lowest BCUT2D eigenvalue weighted by Crippen LogP contribution is -1.85. The summed E-state index contributed by atoms with van der Waals surface area (Å²) < 4.78 is 6.15. The molecule has 2 aromatic rings. The number of nitrogens with zero attached hydrogens (tertiary/aromatic N) is 1. The van der Waals surface area contributed by atoms with Crippen LogP contribution in [-0.4, -0.2) is 12.1 Å². The number of benzene rings is 1. The number of nitrogen functional groups attached to an aromatic ring is 1. The summed E-state index contributed by atoms with van der Waals surface area (Å²) in [5.74, 6) is 0. The molecule has 0 saturated carbocycles. The van der Waals surface area contributed by atoms with Gasteiger partial charge in [0.2, 0.25) is 0 Å². The molecule has 0 aliphatic carbocycles. The zero-order valence-corrected chi connectivity index (χ0v) is 8.10. The Morgan fingerprint density at radius 1 is 1.54 bits per heavy atom. The lowest BCUT2D eigenvalue weighted by Gasteiger charge is -1.97. The third-order valence-electron chi connectivity index (χ3n) is 1.78. The van der Waals surface area contributed by atoms with Gasteiger partial charge in [0.15, 0.2) is 5.13 Å². The van der Waals surface area contributed by atoms with Crippen LogP contribution in [0.15, 0.2) is 18.2 Å². The minimum Gasteiger partial charge on any atom is -0.380 e. The van der Waals surface area contributed by atoms with Gasteiger partial charge in [0.05, 0.1) is 16.8 Å². The van der Waals surface area contributed by atoms with Crippen molar-refractivity contribution >= 4 is 26.7 Å². The predicted molar refractivity (Wildman–Crippen MR) is 54.7 cm³/mol. The molecule has 0 spiro atoms. The number of hydrogen-bond acceptors (Lipinski definition) is 4. The maximum atomic E-state index is 5.59. The van der Waals surface area contributed by atoms with Crippen molar-refractivity contribution in [3.05, 3.63) is 23.8 Å². The summed E-state index contributed by atoms with van der Waals surface area (Å²) in [6, 6.07) is 6.04. The first-order valence-electron chi connectivity index (χ1n) is 3.93. The average molecular weight is 194 g/mol. The Morgan fingerprint density at radius 2 is 2.38 bits per heavy atom. The number of rotatable bonds is 2. The Hall–Kier alpha value is -1.13. The summed E-state index contributed by atoms with van der Waals surface area (Å²) in [5.41, 5.74) is 7.70. The van der Waals surface area contributed by atoms with E-state index in [0.29, 0.717) is 11.7 Å². The highest BCUT2D eigenvalue weighted by Crippen LogP contribution is 2.24. The highest BCUT2D eigenvalue weighted by atomic mass is 32.1. The van der Waals surface area contributed by atoms with Crippen LogP contribution in [0.3, 0.4) is 0 Å². The van der Waals surface area contributed by atoms with Gasteiger partial charge < -0.3 is 10.5 Å². The molecule has 0 aliphatic heterocycles. The SMILES string of the molecule is COCc1ccc2nc(N)sc2c1. The third-order valence-corrected chi connectivity index (χ3v) is 2.63. The predicted octanol–water partition coefficient (Wildman–Crippen LogP) is 2.02. The van der Waals surface area contributed by atoms with Gasteiger partial charge in [-0.3, -0.25) is 0 Å². The molecule has 2 N–H and O–H groups in total. The summed E-state index contributed by atoms with van der Waals surface area (Å²) in [5, 5.41) is 0.615. The number of nitrogens with two attached hydrogens (primary N) is 1. The summed E-state index contributed by atoms with van der Waals surface area (Å²) in [7, 11) is 1.69. The number of ether oxygens (including phenoxy) is 1. The van der Waals surface area contributed by atoms with E-state index in [1.807, 2.05) is 12.1 Å². The highest BCUT2D eigenvalue weighted by Gasteiger charge is 2.01. The number of aromatic nitrogens is 1. The fourth-order valence-corrected chi connectivity index (χ4v) is 2.04. The molecule has 0 amide bonds. The Labute approximate surface area is 80.2 Å². The van der Waals surface area contributed by atoms with Gasteiger partial charge in [-0.05, 0) is 17.7 Å². The second-order valence-electron chi connectivity index (χ2n) is 2.79. The van der Waals surface area contributed by atoms with E-state index >= 15 is 0 Å². The van der Waals surface area contributed by atoms with Gasteiger partial charge in [-0.2, -0.15) is 0 Å².